The maximum absolute atomic E-state index is 7.38. The van der Waals surface area contributed by atoms with Crippen LogP contribution in [0, 0.1) is 0 Å². The molecule has 0 amide bonds. The number of fused-ring (bicyclic) bond motifs is 16. The van der Waals surface area contributed by atoms with E-state index in [1.165, 1.54) is 33.4 Å². The molecule has 0 atom stereocenters. The van der Waals surface area contributed by atoms with Crippen molar-refractivity contribution in [2.24, 2.45) is 0 Å². The van der Waals surface area contributed by atoms with Crippen molar-refractivity contribution in [2.75, 3.05) is 4.90 Å². The Balaban J connectivity index is 1.03. The Morgan fingerprint density at radius 2 is 0.966 bits per heavy atom. The fourth-order valence-electron chi connectivity index (χ4n) is 10.1. The van der Waals surface area contributed by atoms with Gasteiger partial charge in [-0.3, -0.25) is 0 Å². The van der Waals surface area contributed by atoms with E-state index in [2.05, 4.69) is 175 Å². The van der Waals surface area contributed by atoms with E-state index >= 15 is 0 Å². The fraction of sp³-hybridized carbons (Fsp3) is 0.0182. The summed E-state index contributed by atoms with van der Waals surface area (Å²) in [7, 11) is 0. The lowest BCUT2D eigenvalue weighted by molar-refractivity contribution is 0.361. The normalized spacial score (nSPS) is 13.5. The van der Waals surface area contributed by atoms with E-state index in [0.717, 1.165) is 67.0 Å². The van der Waals surface area contributed by atoms with E-state index in [4.69, 9.17) is 13.9 Å². The highest BCUT2D eigenvalue weighted by atomic mass is 16.6. The zero-order valence-corrected chi connectivity index (χ0v) is 31.7. The largest absolute Gasteiger partial charge is 0.454 e. The van der Waals surface area contributed by atoms with Gasteiger partial charge >= 0.3 is 0 Å². The number of hydrogen-bond donors (Lipinski definition) is 0. The molecule has 59 heavy (non-hydrogen) atoms. The van der Waals surface area contributed by atoms with Crippen molar-refractivity contribution in [1.29, 1.82) is 0 Å². The Morgan fingerprint density at radius 3 is 1.75 bits per heavy atom. The van der Waals surface area contributed by atoms with Crippen LogP contribution in [0.2, 0.25) is 0 Å². The van der Waals surface area contributed by atoms with Crippen molar-refractivity contribution in [3.05, 3.63) is 222 Å². The number of para-hydroxylation sites is 3. The second-order valence-electron chi connectivity index (χ2n) is 15.5. The predicted octanol–water partition coefficient (Wildman–Crippen LogP) is 15.0. The maximum Gasteiger partial charge on any atom is 0.194 e. The number of benzene rings is 9. The monoisotopic (exact) mass is 755 g/mol. The summed E-state index contributed by atoms with van der Waals surface area (Å²) in [5.74, 6) is 2.70. The fourth-order valence-corrected chi connectivity index (χ4v) is 10.1. The van der Waals surface area contributed by atoms with E-state index in [0.29, 0.717) is 17.2 Å². The van der Waals surface area contributed by atoms with Crippen molar-refractivity contribution >= 4 is 39.0 Å². The number of hydrogen-bond acceptors (Lipinski definition) is 4. The Kier molecular flexibility index (Phi) is 6.62. The lowest BCUT2D eigenvalue weighted by Gasteiger charge is -2.32. The third kappa shape index (κ3) is 4.37. The molecule has 1 spiro atoms. The highest BCUT2D eigenvalue weighted by Gasteiger charge is 2.53. The third-order valence-electron chi connectivity index (χ3n) is 12.6. The van der Waals surface area contributed by atoms with Crippen LogP contribution in [0.3, 0.4) is 0 Å². The van der Waals surface area contributed by atoms with Crippen LogP contribution < -0.4 is 14.4 Å². The molecule has 2 aliphatic carbocycles. The molecule has 0 saturated carbocycles. The van der Waals surface area contributed by atoms with Gasteiger partial charge in [-0.2, -0.15) is 0 Å². The summed E-state index contributed by atoms with van der Waals surface area (Å²) in [4.78, 5) is 2.24. The highest BCUT2D eigenvalue weighted by molar-refractivity contribution is 6.10. The number of nitrogens with zero attached hydrogens (tertiary/aromatic N) is 1. The minimum atomic E-state index is -0.499. The number of rotatable bonds is 4. The predicted molar refractivity (Wildman–Crippen MR) is 237 cm³/mol. The Hall–Kier alpha value is -7.82. The van der Waals surface area contributed by atoms with Crippen LogP contribution in [0.15, 0.2) is 205 Å². The van der Waals surface area contributed by atoms with Crippen molar-refractivity contribution in [1.82, 2.24) is 0 Å². The van der Waals surface area contributed by atoms with Gasteiger partial charge in [0.1, 0.15) is 5.58 Å². The molecule has 0 bridgehead atoms. The van der Waals surface area contributed by atoms with E-state index in [1.54, 1.807) is 0 Å². The zero-order chi connectivity index (χ0) is 38.7. The standard InChI is InChI=1S/C55H33NO3/c1-2-14-34(15-3-1)35-28-30-36(31-29-35)56(46-24-12-20-40-39-18-7-11-26-48(39)58-52(40)46)47-25-13-27-49-53(47)59-54-50(57-49)33-32-45-51(54)41-19-6-10-23-44(41)55(45)42-21-8-4-16-37(42)38-17-5-9-22-43(38)55/h1-33H. The van der Waals surface area contributed by atoms with E-state index in [-0.39, 0.29) is 0 Å². The van der Waals surface area contributed by atoms with Gasteiger partial charge in [0.2, 0.25) is 0 Å². The van der Waals surface area contributed by atoms with Gasteiger partial charge in [-0.25, -0.2) is 0 Å². The SMILES string of the molecule is c1ccc(-c2ccc(N(c3cccc4c3Oc3c(ccc5c3-c3ccccc3C53c5ccccc5-c5ccccc53)O4)c3cccc4c3oc3ccccc34)cc2)cc1. The molecule has 0 N–H and O–H groups in total. The van der Waals surface area contributed by atoms with Crippen LogP contribution in [-0.2, 0) is 5.41 Å². The lowest BCUT2D eigenvalue weighted by atomic mass is 9.70. The van der Waals surface area contributed by atoms with Crippen molar-refractivity contribution in [2.45, 2.75) is 5.41 Å². The quantitative estimate of drug-likeness (QED) is 0.179. The molecule has 10 aromatic rings. The molecule has 13 rings (SSSR count). The topological polar surface area (TPSA) is 34.8 Å². The number of anilines is 3. The molecule has 276 valence electrons. The molecule has 1 aliphatic heterocycles. The van der Waals surface area contributed by atoms with Gasteiger partial charge in [0.15, 0.2) is 28.6 Å². The average molecular weight is 756 g/mol. The number of ether oxygens (including phenoxy) is 2. The van der Waals surface area contributed by atoms with E-state index in [9.17, 15) is 0 Å². The molecule has 4 nitrogen and oxygen atoms in total. The summed E-state index contributed by atoms with van der Waals surface area (Å²) in [5, 5.41) is 2.12. The van der Waals surface area contributed by atoms with Crippen LogP contribution in [0.4, 0.5) is 17.1 Å². The molecule has 2 heterocycles. The minimum absolute atomic E-state index is 0.499. The summed E-state index contributed by atoms with van der Waals surface area (Å²) >= 11 is 0. The Labute approximate surface area is 340 Å². The van der Waals surface area contributed by atoms with Crippen molar-refractivity contribution in [3.63, 3.8) is 0 Å². The van der Waals surface area contributed by atoms with Crippen LogP contribution in [-0.4, -0.2) is 0 Å². The van der Waals surface area contributed by atoms with Gasteiger partial charge in [-0.05, 0) is 92.5 Å². The second-order valence-corrected chi connectivity index (χ2v) is 15.5. The van der Waals surface area contributed by atoms with Gasteiger partial charge in [0.05, 0.1) is 16.8 Å². The number of furan rings is 1. The summed E-state index contributed by atoms with van der Waals surface area (Å²) in [6.07, 6.45) is 0. The Bertz CT molecular complexity index is 3300. The van der Waals surface area contributed by atoms with Crippen LogP contribution in [0.25, 0.3) is 55.3 Å². The van der Waals surface area contributed by atoms with Gasteiger partial charge in [-0.1, -0.05) is 158 Å². The molecule has 0 saturated heterocycles. The van der Waals surface area contributed by atoms with E-state index < -0.39 is 5.41 Å². The van der Waals surface area contributed by atoms with Crippen molar-refractivity contribution < 1.29 is 13.9 Å². The zero-order valence-electron chi connectivity index (χ0n) is 31.7. The minimum Gasteiger partial charge on any atom is -0.454 e. The summed E-state index contributed by atoms with van der Waals surface area (Å²) in [6.45, 7) is 0. The Morgan fingerprint density at radius 1 is 0.373 bits per heavy atom. The molecule has 0 fully saturated rings. The van der Waals surface area contributed by atoms with Crippen LogP contribution >= 0.6 is 0 Å². The van der Waals surface area contributed by atoms with Crippen LogP contribution in [0.5, 0.6) is 23.0 Å². The summed E-state index contributed by atoms with van der Waals surface area (Å²) in [6, 6.07) is 70.8. The maximum atomic E-state index is 7.38. The first-order valence-electron chi connectivity index (χ1n) is 20.1. The first kappa shape index (κ1) is 32.3. The first-order valence-corrected chi connectivity index (χ1v) is 20.1. The molecular formula is C55H33NO3. The van der Waals surface area contributed by atoms with Gasteiger partial charge in [0.25, 0.3) is 0 Å². The molecule has 1 aromatic heterocycles. The molecule has 0 unspecified atom stereocenters. The molecule has 0 radical (unpaired) electrons. The molecule has 4 heteroatoms. The average Bonchev–Trinajstić information content (AvgIpc) is 3.94. The second kappa shape index (κ2) is 12.1. The van der Waals surface area contributed by atoms with E-state index in [1.807, 2.05) is 30.3 Å². The molecule has 9 aromatic carbocycles. The molecular weight excluding hydrogens is 723 g/mol. The highest BCUT2D eigenvalue weighted by Crippen LogP contribution is 2.67. The van der Waals surface area contributed by atoms with Gasteiger partial charge in [-0.15, -0.1) is 0 Å². The molecule has 3 aliphatic rings. The summed E-state index contributed by atoms with van der Waals surface area (Å²) < 4.78 is 21.0. The van der Waals surface area contributed by atoms with Crippen LogP contribution in [0.1, 0.15) is 22.3 Å². The smallest absolute Gasteiger partial charge is 0.194 e. The van der Waals surface area contributed by atoms with Gasteiger partial charge in [0, 0.05) is 22.0 Å². The third-order valence-corrected chi connectivity index (χ3v) is 12.6. The van der Waals surface area contributed by atoms with Crippen molar-refractivity contribution in [3.8, 4) is 56.4 Å². The van der Waals surface area contributed by atoms with Gasteiger partial charge < -0.3 is 18.8 Å². The summed E-state index contributed by atoms with van der Waals surface area (Å²) in [5.41, 5.74) is 15.9. The lowest BCUT2D eigenvalue weighted by Crippen LogP contribution is -2.25. The first-order chi connectivity index (χ1) is 29.3.